The van der Waals surface area contributed by atoms with Gasteiger partial charge in [0.25, 0.3) is 0 Å². The number of amides is 1. The maximum atomic E-state index is 11.2. The Morgan fingerprint density at radius 1 is 1.38 bits per heavy atom. The number of likely N-dealkylation sites (tertiary alicyclic amines) is 1. The molecule has 1 aliphatic rings. The van der Waals surface area contributed by atoms with Crippen molar-refractivity contribution in [3.63, 3.8) is 0 Å². The van der Waals surface area contributed by atoms with E-state index in [4.69, 9.17) is 0 Å². The lowest BCUT2D eigenvalue weighted by Gasteiger charge is -2.33. The summed E-state index contributed by atoms with van der Waals surface area (Å²) < 4.78 is 2.18. The lowest BCUT2D eigenvalue weighted by molar-refractivity contribution is -0.114. The number of aryl methyl sites for hydroxylation is 1. The predicted octanol–water partition coefficient (Wildman–Crippen LogP) is 3.37. The number of aromatic nitrogens is 3. The Morgan fingerprint density at radius 3 is 3.12 bits per heavy atom. The molecule has 0 radical (unpaired) electrons. The van der Waals surface area contributed by atoms with Gasteiger partial charge in [-0.15, -0.1) is 11.3 Å². The Bertz CT molecular complexity index is 931. The molecule has 136 valence electrons. The summed E-state index contributed by atoms with van der Waals surface area (Å²) in [6, 6.07) is 4.26. The van der Waals surface area contributed by atoms with Crippen LogP contribution in [0.3, 0.4) is 0 Å². The van der Waals surface area contributed by atoms with E-state index >= 15 is 0 Å². The zero-order valence-electron chi connectivity index (χ0n) is 15.1. The van der Waals surface area contributed by atoms with Crippen LogP contribution in [0.5, 0.6) is 0 Å². The standard InChI is InChI=1S/C19H23N5OS/c1-13(25)22-19-21-10-15(26-19)12-24-8-3-4-14(11-24)16-5-7-20-17-6-9-23(2)18(16)17/h5-7,9-10,14H,3-4,8,11-12H2,1-2H3,(H,21,22,25)/t14-/m1/s1. The minimum absolute atomic E-state index is 0.0757. The van der Waals surface area contributed by atoms with Gasteiger partial charge in [-0.25, -0.2) is 4.98 Å². The van der Waals surface area contributed by atoms with E-state index in [1.807, 2.05) is 12.4 Å². The van der Waals surface area contributed by atoms with Crippen LogP contribution in [0.2, 0.25) is 0 Å². The van der Waals surface area contributed by atoms with Gasteiger partial charge in [-0.1, -0.05) is 0 Å². The third-order valence-corrected chi connectivity index (χ3v) is 5.85. The first-order valence-corrected chi connectivity index (χ1v) is 9.76. The highest BCUT2D eigenvalue weighted by Gasteiger charge is 2.24. The maximum Gasteiger partial charge on any atom is 0.223 e. The molecule has 0 bridgehead atoms. The van der Waals surface area contributed by atoms with Crippen molar-refractivity contribution in [2.75, 3.05) is 18.4 Å². The lowest BCUT2D eigenvalue weighted by Crippen LogP contribution is -2.33. The molecular weight excluding hydrogens is 346 g/mol. The summed E-state index contributed by atoms with van der Waals surface area (Å²) in [6.07, 6.45) is 8.29. The minimum atomic E-state index is -0.0757. The molecule has 1 saturated heterocycles. The van der Waals surface area contributed by atoms with E-state index in [1.165, 1.54) is 35.7 Å². The van der Waals surface area contributed by atoms with Crippen molar-refractivity contribution in [3.8, 4) is 0 Å². The molecule has 26 heavy (non-hydrogen) atoms. The first kappa shape index (κ1) is 17.2. The highest BCUT2D eigenvalue weighted by atomic mass is 32.1. The van der Waals surface area contributed by atoms with Crippen molar-refractivity contribution in [3.05, 3.63) is 41.2 Å². The van der Waals surface area contributed by atoms with Crippen LogP contribution in [0, 0.1) is 0 Å². The van der Waals surface area contributed by atoms with Crippen molar-refractivity contribution in [1.29, 1.82) is 0 Å². The molecule has 1 N–H and O–H groups in total. The van der Waals surface area contributed by atoms with Gasteiger partial charge in [0.15, 0.2) is 5.13 Å². The van der Waals surface area contributed by atoms with Crippen LogP contribution in [0.15, 0.2) is 30.7 Å². The maximum absolute atomic E-state index is 11.2. The Labute approximate surface area is 156 Å². The van der Waals surface area contributed by atoms with Crippen LogP contribution in [0.25, 0.3) is 11.0 Å². The van der Waals surface area contributed by atoms with Crippen LogP contribution < -0.4 is 5.32 Å². The fourth-order valence-electron chi connectivity index (χ4n) is 3.84. The Hall–Kier alpha value is -2.25. The summed E-state index contributed by atoms with van der Waals surface area (Å²) in [4.78, 5) is 23.6. The molecule has 0 aromatic carbocycles. The van der Waals surface area contributed by atoms with Gasteiger partial charge < -0.3 is 9.88 Å². The summed E-state index contributed by atoms with van der Waals surface area (Å²) in [6.45, 7) is 4.54. The van der Waals surface area contributed by atoms with Gasteiger partial charge in [0, 0.05) is 50.5 Å². The van der Waals surface area contributed by atoms with Gasteiger partial charge in [0.05, 0.1) is 11.0 Å². The van der Waals surface area contributed by atoms with Crippen LogP contribution in [0.1, 0.15) is 36.1 Å². The topological polar surface area (TPSA) is 63.1 Å². The molecule has 1 amide bonds. The number of fused-ring (bicyclic) bond motifs is 1. The summed E-state index contributed by atoms with van der Waals surface area (Å²) in [5, 5.41) is 3.44. The average Bonchev–Trinajstić information content (AvgIpc) is 3.21. The lowest BCUT2D eigenvalue weighted by atomic mass is 9.90. The first-order valence-electron chi connectivity index (χ1n) is 8.95. The number of hydrogen-bond acceptors (Lipinski definition) is 5. The van der Waals surface area contributed by atoms with E-state index in [0.717, 1.165) is 25.2 Å². The quantitative estimate of drug-likeness (QED) is 0.766. The number of carbonyl (C=O) groups is 1. The molecule has 0 spiro atoms. The molecule has 1 aliphatic heterocycles. The number of nitrogens with one attached hydrogen (secondary N) is 1. The second-order valence-corrected chi connectivity index (χ2v) is 8.06. The monoisotopic (exact) mass is 369 g/mol. The van der Waals surface area contributed by atoms with Crippen molar-refractivity contribution >= 4 is 33.4 Å². The van der Waals surface area contributed by atoms with Crippen LogP contribution >= 0.6 is 11.3 Å². The molecule has 0 aliphatic carbocycles. The minimum Gasteiger partial charge on any atom is -0.349 e. The Balaban J connectivity index is 1.50. The molecule has 4 rings (SSSR count). The summed E-state index contributed by atoms with van der Waals surface area (Å²) in [5.74, 6) is 0.443. The largest absolute Gasteiger partial charge is 0.349 e. The number of pyridine rings is 1. The second-order valence-electron chi connectivity index (χ2n) is 6.95. The van der Waals surface area contributed by atoms with Gasteiger partial charge in [-0.3, -0.25) is 14.7 Å². The summed E-state index contributed by atoms with van der Waals surface area (Å²) >= 11 is 1.56. The summed E-state index contributed by atoms with van der Waals surface area (Å²) in [5.41, 5.74) is 3.73. The van der Waals surface area contributed by atoms with E-state index in [-0.39, 0.29) is 5.91 Å². The SMILES string of the molecule is CC(=O)Nc1ncc(CN2CCC[C@@H](c3ccnc4ccn(C)c34)C2)s1. The third kappa shape index (κ3) is 3.50. The van der Waals surface area contributed by atoms with E-state index < -0.39 is 0 Å². The van der Waals surface area contributed by atoms with Crippen LogP contribution in [-0.2, 0) is 18.4 Å². The smallest absolute Gasteiger partial charge is 0.223 e. The van der Waals surface area contributed by atoms with E-state index in [9.17, 15) is 4.79 Å². The van der Waals surface area contributed by atoms with E-state index in [2.05, 4.69) is 50.1 Å². The fourth-order valence-corrected chi connectivity index (χ4v) is 4.74. The molecule has 7 heteroatoms. The van der Waals surface area contributed by atoms with Crippen molar-refractivity contribution < 1.29 is 4.79 Å². The number of nitrogens with zero attached hydrogens (tertiary/aromatic N) is 4. The van der Waals surface area contributed by atoms with Gasteiger partial charge in [0.1, 0.15) is 0 Å². The van der Waals surface area contributed by atoms with E-state index in [0.29, 0.717) is 11.0 Å². The molecule has 4 heterocycles. The molecule has 3 aromatic rings. The molecule has 0 unspecified atom stereocenters. The molecule has 1 atom stereocenters. The molecule has 3 aromatic heterocycles. The fraction of sp³-hybridized carbons (Fsp3) is 0.421. The molecule has 0 saturated carbocycles. The molecular formula is C19H23N5OS. The normalized spacial score (nSPS) is 18.3. The van der Waals surface area contributed by atoms with Crippen molar-refractivity contribution in [2.45, 2.75) is 32.2 Å². The second kappa shape index (κ2) is 7.17. The predicted molar refractivity (Wildman–Crippen MR) is 104 cm³/mol. The van der Waals surface area contributed by atoms with Gasteiger partial charge in [0.2, 0.25) is 5.91 Å². The van der Waals surface area contributed by atoms with Crippen molar-refractivity contribution in [1.82, 2.24) is 19.4 Å². The van der Waals surface area contributed by atoms with Gasteiger partial charge in [-0.2, -0.15) is 0 Å². The summed E-state index contributed by atoms with van der Waals surface area (Å²) in [7, 11) is 2.09. The van der Waals surface area contributed by atoms with Crippen molar-refractivity contribution in [2.24, 2.45) is 7.05 Å². The highest BCUT2D eigenvalue weighted by Crippen LogP contribution is 2.32. The Morgan fingerprint density at radius 2 is 2.27 bits per heavy atom. The molecule has 6 nitrogen and oxygen atoms in total. The number of carbonyl (C=O) groups excluding carboxylic acids is 1. The number of anilines is 1. The zero-order valence-corrected chi connectivity index (χ0v) is 15.9. The first-order chi connectivity index (χ1) is 12.6. The van der Waals surface area contributed by atoms with Gasteiger partial charge >= 0.3 is 0 Å². The van der Waals surface area contributed by atoms with E-state index in [1.54, 1.807) is 11.3 Å². The van der Waals surface area contributed by atoms with Gasteiger partial charge in [-0.05, 0) is 43.0 Å². The number of thiazole rings is 1. The third-order valence-electron chi connectivity index (χ3n) is 4.95. The van der Waals surface area contributed by atoms with Crippen LogP contribution in [0.4, 0.5) is 5.13 Å². The molecule has 1 fully saturated rings. The van der Waals surface area contributed by atoms with Crippen LogP contribution in [-0.4, -0.2) is 38.4 Å². The number of piperidine rings is 1. The average molecular weight is 369 g/mol. The zero-order chi connectivity index (χ0) is 18.1. The number of rotatable bonds is 4. The Kier molecular flexibility index (Phi) is 4.74. The highest BCUT2D eigenvalue weighted by molar-refractivity contribution is 7.15. The number of hydrogen-bond donors (Lipinski definition) is 1.